The second-order valence-electron chi connectivity index (χ2n) is 10.5. The Balaban J connectivity index is 1.55. The van der Waals surface area contributed by atoms with Crippen LogP contribution < -0.4 is 14.4 Å². The van der Waals surface area contributed by atoms with E-state index in [-0.39, 0.29) is 11.3 Å². The van der Waals surface area contributed by atoms with Crippen molar-refractivity contribution in [3.8, 4) is 11.5 Å². The molecule has 1 aliphatic heterocycles. The number of benzene rings is 3. The van der Waals surface area contributed by atoms with Gasteiger partial charge in [0.25, 0.3) is 0 Å². The molecule has 37 heavy (non-hydrogen) atoms. The molecule has 0 bridgehead atoms. The highest BCUT2D eigenvalue weighted by Gasteiger charge is 2.23. The minimum atomic E-state index is -0.0305. The molecule has 0 atom stereocenters. The molecule has 0 saturated carbocycles. The monoisotopic (exact) mass is 504 g/mol. The van der Waals surface area contributed by atoms with Crippen LogP contribution in [0.2, 0.25) is 0 Å². The first kappa shape index (κ1) is 27.0. The van der Waals surface area contributed by atoms with Gasteiger partial charge in [0.1, 0.15) is 18.1 Å². The smallest absolute Gasteiger partial charge is 0.231 e. The third-order valence-electron chi connectivity index (χ3n) is 7.04. The first-order valence-corrected chi connectivity index (χ1v) is 13.2. The lowest BCUT2D eigenvalue weighted by Gasteiger charge is -2.27. The molecular weight excluding hydrogens is 464 g/mol. The van der Waals surface area contributed by atoms with Crippen LogP contribution in [0.25, 0.3) is 10.8 Å². The first-order valence-electron chi connectivity index (χ1n) is 13.2. The number of likely N-dealkylation sites (N-methyl/N-ethyl adjacent to an activating group) is 1. The summed E-state index contributed by atoms with van der Waals surface area (Å²) in [7, 11) is 1.65. The normalized spacial score (nSPS) is 14.5. The molecule has 6 nitrogen and oxygen atoms in total. The standard InChI is InChI=1S/C31H40N2O4/c1-6-33(27-22-24(31(2,3)4)12-14-29(27)35-5)30(34)21-23-11-13-28(26-10-8-7-9-25(23)26)37-20-17-32-15-18-36-19-16-32/h7-14,22H,6,15-21H2,1-5H3. The van der Waals surface area contributed by atoms with Gasteiger partial charge >= 0.3 is 0 Å². The van der Waals surface area contributed by atoms with Gasteiger partial charge in [-0.1, -0.05) is 57.2 Å². The summed E-state index contributed by atoms with van der Waals surface area (Å²) in [5.74, 6) is 1.60. The maximum Gasteiger partial charge on any atom is 0.231 e. The van der Waals surface area contributed by atoms with E-state index >= 15 is 0 Å². The fourth-order valence-corrected chi connectivity index (χ4v) is 4.83. The van der Waals surface area contributed by atoms with E-state index in [9.17, 15) is 4.79 Å². The number of nitrogens with zero attached hydrogens (tertiary/aromatic N) is 2. The van der Waals surface area contributed by atoms with Crippen LogP contribution in [0.5, 0.6) is 11.5 Å². The molecule has 1 amide bonds. The van der Waals surface area contributed by atoms with Crippen LogP contribution in [0, 0.1) is 0 Å². The van der Waals surface area contributed by atoms with Gasteiger partial charge in [-0.2, -0.15) is 0 Å². The van der Waals surface area contributed by atoms with Crippen LogP contribution in [0.1, 0.15) is 38.8 Å². The number of hydrogen-bond donors (Lipinski definition) is 0. The quantitative estimate of drug-likeness (QED) is 0.388. The molecule has 0 aromatic heterocycles. The van der Waals surface area contributed by atoms with Crippen molar-refractivity contribution in [2.24, 2.45) is 0 Å². The Kier molecular flexibility index (Phi) is 8.72. The van der Waals surface area contributed by atoms with Crippen molar-refractivity contribution in [1.82, 2.24) is 4.90 Å². The largest absolute Gasteiger partial charge is 0.495 e. The van der Waals surface area contributed by atoms with Gasteiger partial charge in [0.2, 0.25) is 5.91 Å². The van der Waals surface area contributed by atoms with E-state index in [4.69, 9.17) is 14.2 Å². The highest BCUT2D eigenvalue weighted by atomic mass is 16.5. The summed E-state index contributed by atoms with van der Waals surface area (Å²) in [6.07, 6.45) is 0.297. The highest BCUT2D eigenvalue weighted by Crippen LogP contribution is 2.35. The third-order valence-corrected chi connectivity index (χ3v) is 7.04. The van der Waals surface area contributed by atoms with Crippen LogP contribution in [-0.2, 0) is 21.4 Å². The van der Waals surface area contributed by atoms with Gasteiger partial charge in [0, 0.05) is 31.6 Å². The van der Waals surface area contributed by atoms with E-state index < -0.39 is 0 Å². The number of carbonyl (C=O) groups excluding carboxylic acids is 1. The summed E-state index contributed by atoms with van der Waals surface area (Å²) in [5, 5.41) is 2.08. The molecule has 1 heterocycles. The Labute approximate surface area is 221 Å². The molecule has 0 spiro atoms. The van der Waals surface area contributed by atoms with Gasteiger partial charge in [-0.3, -0.25) is 9.69 Å². The van der Waals surface area contributed by atoms with E-state index in [1.54, 1.807) is 7.11 Å². The van der Waals surface area contributed by atoms with Crippen LogP contribution in [0.15, 0.2) is 54.6 Å². The second kappa shape index (κ2) is 12.0. The molecule has 0 aliphatic carbocycles. The Bertz CT molecular complexity index is 1210. The van der Waals surface area contributed by atoms with Crippen molar-refractivity contribution in [1.29, 1.82) is 0 Å². The van der Waals surface area contributed by atoms with Crippen molar-refractivity contribution >= 4 is 22.4 Å². The van der Waals surface area contributed by atoms with Crippen LogP contribution in [0.3, 0.4) is 0 Å². The molecule has 3 aromatic rings. The lowest BCUT2D eigenvalue weighted by Crippen LogP contribution is -2.38. The number of rotatable bonds is 9. The van der Waals surface area contributed by atoms with Gasteiger partial charge in [-0.05, 0) is 47.1 Å². The molecule has 0 unspecified atom stereocenters. The Morgan fingerprint density at radius 1 is 1.00 bits per heavy atom. The fourth-order valence-electron chi connectivity index (χ4n) is 4.83. The Morgan fingerprint density at radius 2 is 1.70 bits per heavy atom. The number of morpholine rings is 1. The lowest BCUT2D eigenvalue weighted by atomic mass is 9.86. The molecular formula is C31H40N2O4. The zero-order valence-electron chi connectivity index (χ0n) is 22.9. The summed E-state index contributed by atoms with van der Waals surface area (Å²) < 4.78 is 17.3. The highest BCUT2D eigenvalue weighted by molar-refractivity contribution is 6.00. The van der Waals surface area contributed by atoms with E-state index in [1.807, 2.05) is 42.2 Å². The molecule has 1 saturated heterocycles. The molecule has 1 aliphatic rings. The Morgan fingerprint density at radius 3 is 2.38 bits per heavy atom. The van der Waals surface area contributed by atoms with Gasteiger partial charge in [0.05, 0.1) is 32.4 Å². The summed E-state index contributed by atoms with van der Waals surface area (Å²) >= 11 is 0. The summed E-state index contributed by atoms with van der Waals surface area (Å²) in [4.78, 5) is 17.9. The molecule has 198 valence electrons. The molecule has 4 rings (SSSR count). The molecule has 0 N–H and O–H groups in total. The minimum absolute atomic E-state index is 0.0305. The average Bonchev–Trinajstić information content (AvgIpc) is 2.90. The van der Waals surface area contributed by atoms with Gasteiger partial charge in [0.15, 0.2) is 0 Å². The number of anilines is 1. The zero-order chi connectivity index (χ0) is 26.4. The summed E-state index contributed by atoms with van der Waals surface area (Å²) in [6, 6.07) is 18.3. The molecule has 6 heteroatoms. The van der Waals surface area contributed by atoms with Crippen LogP contribution in [0.4, 0.5) is 5.69 Å². The lowest BCUT2D eigenvalue weighted by molar-refractivity contribution is -0.117. The van der Waals surface area contributed by atoms with Crippen molar-refractivity contribution in [2.45, 2.75) is 39.5 Å². The minimum Gasteiger partial charge on any atom is -0.495 e. The van der Waals surface area contributed by atoms with E-state index in [0.717, 1.165) is 60.6 Å². The van der Waals surface area contributed by atoms with Crippen molar-refractivity contribution in [2.75, 3.05) is 58.0 Å². The van der Waals surface area contributed by atoms with Gasteiger partial charge < -0.3 is 19.1 Å². The number of ether oxygens (including phenoxy) is 3. The topological polar surface area (TPSA) is 51.2 Å². The number of amides is 1. The zero-order valence-corrected chi connectivity index (χ0v) is 22.9. The Hall–Kier alpha value is -3.09. The third kappa shape index (κ3) is 6.43. The number of hydrogen-bond acceptors (Lipinski definition) is 5. The van der Waals surface area contributed by atoms with Gasteiger partial charge in [-0.15, -0.1) is 0 Å². The summed E-state index contributed by atoms with van der Waals surface area (Å²) in [6.45, 7) is 14.0. The molecule has 0 radical (unpaired) electrons. The fraction of sp³-hybridized carbons (Fsp3) is 0.452. The van der Waals surface area contributed by atoms with Crippen molar-refractivity contribution in [3.63, 3.8) is 0 Å². The number of fused-ring (bicyclic) bond motifs is 1. The predicted molar refractivity (Wildman–Crippen MR) is 150 cm³/mol. The maximum absolute atomic E-state index is 13.7. The van der Waals surface area contributed by atoms with Crippen LogP contribution in [-0.4, -0.2) is 63.9 Å². The van der Waals surface area contributed by atoms with Crippen molar-refractivity contribution in [3.05, 3.63) is 65.7 Å². The van der Waals surface area contributed by atoms with Gasteiger partial charge in [-0.25, -0.2) is 0 Å². The molecule has 1 fully saturated rings. The van der Waals surface area contributed by atoms with E-state index in [2.05, 4.69) is 49.9 Å². The van der Waals surface area contributed by atoms with E-state index in [1.165, 1.54) is 5.56 Å². The average molecular weight is 505 g/mol. The van der Waals surface area contributed by atoms with Crippen LogP contribution >= 0.6 is 0 Å². The first-order chi connectivity index (χ1) is 17.8. The predicted octanol–water partition coefficient (Wildman–Crippen LogP) is 5.45. The number of methoxy groups -OCH3 is 1. The molecule has 3 aromatic carbocycles. The maximum atomic E-state index is 13.7. The van der Waals surface area contributed by atoms with Crippen molar-refractivity contribution < 1.29 is 19.0 Å². The number of carbonyl (C=O) groups is 1. The second-order valence-corrected chi connectivity index (χ2v) is 10.5. The SMILES string of the molecule is CCN(C(=O)Cc1ccc(OCCN2CCOCC2)c2ccccc12)c1cc(C(C)(C)C)ccc1OC. The van der Waals surface area contributed by atoms with E-state index in [0.29, 0.717) is 25.3 Å². The summed E-state index contributed by atoms with van der Waals surface area (Å²) in [5.41, 5.74) is 2.94.